The number of hydrogen-bond donors (Lipinski definition) is 0. The molecule has 168 valence electrons. The standard InChI is InChI=1S/C26H26F3NO2/c1-2-15-3-4-17-10-18(6-5-16(17)9-15)25-23(28)11-20(12-24(25)29)26(31)32-21-8-7-19(14-30)22(27)13-21/h7-8,11-13,15-18H,2-6,9-10H2,1H3. The van der Waals surface area contributed by atoms with E-state index in [1.165, 1.54) is 31.4 Å². The van der Waals surface area contributed by atoms with E-state index >= 15 is 0 Å². The minimum atomic E-state index is -0.986. The van der Waals surface area contributed by atoms with Crippen LogP contribution in [-0.4, -0.2) is 5.97 Å². The lowest BCUT2D eigenvalue weighted by atomic mass is 9.63. The molecule has 4 rings (SSSR count). The van der Waals surface area contributed by atoms with Gasteiger partial charge in [-0.15, -0.1) is 0 Å². The van der Waals surface area contributed by atoms with Gasteiger partial charge in [0.25, 0.3) is 0 Å². The van der Waals surface area contributed by atoms with Crippen LogP contribution in [0, 0.1) is 46.5 Å². The maximum absolute atomic E-state index is 15.0. The summed E-state index contributed by atoms with van der Waals surface area (Å²) in [6, 6.07) is 6.99. The average molecular weight is 441 g/mol. The summed E-state index contributed by atoms with van der Waals surface area (Å²) in [7, 11) is 0. The molecule has 3 nitrogen and oxygen atoms in total. The lowest BCUT2D eigenvalue weighted by Gasteiger charge is -2.42. The zero-order valence-electron chi connectivity index (χ0n) is 18.0. The van der Waals surface area contributed by atoms with Gasteiger partial charge in [-0.1, -0.05) is 19.8 Å². The molecule has 0 spiro atoms. The molecule has 2 aromatic carbocycles. The molecule has 4 unspecified atom stereocenters. The third kappa shape index (κ3) is 4.53. The molecule has 0 amide bonds. The maximum atomic E-state index is 15.0. The number of benzene rings is 2. The number of carbonyl (C=O) groups excluding carboxylic acids is 1. The molecule has 4 atom stereocenters. The second-order valence-electron chi connectivity index (χ2n) is 9.11. The van der Waals surface area contributed by atoms with E-state index in [-0.39, 0.29) is 28.4 Å². The van der Waals surface area contributed by atoms with Crippen LogP contribution in [0.3, 0.4) is 0 Å². The Bertz CT molecular complexity index is 1040. The molecular weight excluding hydrogens is 415 g/mol. The SMILES string of the molecule is CCC1CCC2CC(c3c(F)cc(C(=O)Oc4ccc(C#N)c(F)c4)cc3F)CCC2C1. The Labute approximate surface area is 186 Å². The second-order valence-corrected chi connectivity index (χ2v) is 9.11. The summed E-state index contributed by atoms with van der Waals surface area (Å²) in [6.07, 6.45) is 7.24. The van der Waals surface area contributed by atoms with Gasteiger partial charge >= 0.3 is 5.97 Å². The number of fused-ring (bicyclic) bond motifs is 1. The number of halogens is 3. The van der Waals surface area contributed by atoms with E-state index in [9.17, 15) is 18.0 Å². The second kappa shape index (κ2) is 9.36. The third-order valence-electron chi connectivity index (χ3n) is 7.29. The summed E-state index contributed by atoms with van der Waals surface area (Å²) in [5, 5.41) is 8.77. The van der Waals surface area contributed by atoms with Crippen LogP contribution in [0.1, 0.15) is 79.3 Å². The monoisotopic (exact) mass is 441 g/mol. The first-order valence-corrected chi connectivity index (χ1v) is 11.3. The van der Waals surface area contributed by atoms with Gasteiger partial charge in [0.05, 0.1) is 11.1 Å². The molecule has 0 bridgehead atoms. The highest BCUT2D eigenvalue weighted by molar-refractivity contribution is 5.91. The zero-order chi connectivity index (χ0) is 22.8. The van der Waals surface area contributed by atoms with Crippen LogP contribution in [0.2, 0.25) is 0 Å². The van der Waals surface area contributed by atoms with Gasteiger partial charge in [0, 0.05) is 11.6 Å². The number of rotatable bonds is 4. The Morgan fingerprint density at radius 2 is 1.69 bits per heavy atom. The van der Waals surface area contributed by atoms with E-state index in [0.717, 1.165) is 49.8 Å². The molecule has 2 fully saturated rings. The van der Waals surface area contributed by atoms with Crippen molar-refractivity contribution in [2.24, 2.45) is 17.8 Å². The van der Waals surface area contributed by atoms with Gasteiger partial charge in [-0.25, -0.2) is 18.0 Å². The molecule has 0 N–H and O–H groups in total. The van der Waals surface area contributed by atoms with Crippen molar-refractivity contribution in [3.05, 3.63) is 64.5 Å². The van der Waals surface area contributed by atoms with Crippen LogP contribution in [0.15, 0.2) is 30.3 Å². The highest BCUT2D eigenvalue weighted by Crippen LogP contribution is 2.48. The first-order valence-electron chi connectivity index (χ1n) is 11.3. The Morgan fingerprint density at radius 3 is 2.34 bits per heavy atom. The van der Waals surface area contributed by atoms with Crippen molar-refractivity contribution in [2.75, 3.05) is 0 Å². The van der Waals surface area contributed by atoms with Crippen molar-refractivity contribution in [2.45, 2.75) is 57.8 Å². The number of hydrogen-bond acceptors (Lipinski definition) is 3. The van der Waals surface area contributed by atoms with E-state index in [4.69, 9.17) is 10.00 Å². The Morgan fingerprint density at radius 1 is 1.00 bits per heavy atom. The highest BCUT2D eigenvalue weighted by Gasteiger charge is 2.37. The smallest absolute Gasteiger partial charge is 0.343 e. The third-order valence-corrected chi connectivity index (χ3v) is 7.29. The Hall–Kier alpha value is -2.81. The van der Waals surface area contributed by atoms with Crippen LogP contribution in [0.25, 0.3) is 0 Å². The molecule has 6 heteroatoms. The number of nitriles is 1. The summed E-state index contributed by atoms with van der Waals surface area (Å²) in [5.74, 6) is -1.71. The molecule has 0 aromatic heterocycles. The normalized spacial score (nSPS) is 25.0. The minimum absolute atomic E-state index is 0.0574. The van der Waals surface area contributed by atoms with Crippen LogP contribution < -0.4 is 4.74 Å². The van der Waals surface area contributed by atoms with Gasteiger partial charge in [-0.05, 0) is 80.0 Å². The van der Waals surface area contributed by atoms with Gasteiger partial charge in [-0.3, -0.25) is 0 Å². The van der Waals surface area contributed by atoms with Crippen molar-refractivity contribution in [1.29, 1.82) is 5.26 Å². The molecule has 0 heterocycles. The average Bonchev–Trinajstić information content (AvgIpc) is 2.78. The molecule has 2 aromatic rings. The predicted molar refractivity (Wildman–Crippen MR) is 114 cm³/mol. The van der Waals surface area contributed by atoms with E-state index in [1.807, 2.05) is 0 Å². The van der Waals surface area contributed by atoms with E-state index < -0.39 is 23.4 Å². The number of carbonyl (C=O) groups is 1. The number of ether oxygens (including phenoxy) is 1. The summed E-state index contributed by atoms with van der Waals surface area (Å²) >= 11 is 0. The highest BCUT2D eigenvalue weighted by atomic mass is 19.1. The van der Waals surface area contributed by atoms with E-state index in [1.54, 1.807) is 6.07 Å². The number of nitrogens with zero attached hydrogens (tertiary/aromatic N) is 1. The molecular formula is C26H26F3NO2. The van der Waals surface area contributed by atoms with E-state index in [2.05, 4.69) is 6.92 Å². The molecule has 0 saturated heterocycles. The molecule has 2 aliphatic carbocycles. The van der Waals surface area contributed by atoms with Crippen LogP contribution in [0.5, 0.6) is 5.75 Å². The summed E-state index contributed by atoms with van der Waals surface area (Å²) in [5.41, 5.74) is -0.406. The quantitative estimate of drug-likeness (QED) is 0.383. The van der Waals surface area contributed by atoms with Gasteiger partial charge in [0.15, 0.2) is 0 Å². The minimum Gasteiger partial charge on any atom is -0.423 e. The van der Waals surface area contributed by atoms with Crippen LogP contribution in [-0.2, 0) is 0 Å². The first kappa shape index (κ1) is 22.4. The van der Waals surface area contributed by atoms with Crippen molar-refractivity contribution < 1.29 is 22.7 Å². The largest absolute Gasteiger partial charge is 0.423 e. The van der Waals surface area contributed by atoms with Crippen LogP contribution in [0.4, 0.5) is 13.2 Å². The van der Waals surface area contributed by atoms with Crippen molar-refractivity contribution in [3.8, 4) is 11.8 Å². The Balaban J connectivity index is 1.48. The van der Waals surface area contributed by atoms with Gasteiger partial charge < -0.3 is 4.74 Å². The summed E-state index contributed by atoms with van der Waals surface area (Å²) in [4.78, 5) is 12.4. The van der Waals surface area contributed by atoms with Crippen molar-refractivity contribution in [1.82, 2.24) is 0 Å². The molecule has 2 saturated carbocycles. The van der Waals surface area contributed by atoms with E-state index in [0.29, 0.717) is 11.8 Å². The van der Waals surface area contributed by atoms with Gasteiger partial charge in [0.1, 0.15) is 29.3 Å². The summed E-state index contributed by atoms with van der Waals surface area (Å²) < 4.78 is 48.7. The lowest BCUT2D eigenvalue weighted by Crippen LogP contribution is -2.30. The van der Waals surface area contributed by atoms with Crippen molar-refractivity contribution in [3.63, 3.8) is 0 Å². The van der Waals surface area contributed by atoms with Gasteiger partial charge in [-0.2, -0.15) is 5.26 Å². The van der Waals surface area contributed by atoms with Crippen molar-refractivity contribution >= 4 is 5.97 Å². The predicted octanol–water partition coefficient (Wildman–Crippen LogP) is 6.90. The molecule has 2 aliphatic rings. The van der Waals surface area contributed by atoms with Gasteiger partial charge in [0.2, 0.25) is 0 Å². The fourth-order valence-corrected chi connectivity index (χ4v) is 5.53. The fourth-order valence-electron chi connectivity index (χ4n) is 5.53. The van der Waals surface area contributed by atoms with Crippen LogP contribution >= 0.6 is 0 Å². The first-order chi connectivity index (χ1) is 15.4. The fraction of sp³-hybridized carbons (Fsp3) is 0.462. The lowest BCUT2D eigenvalue weighted by molar-refractivity contribution is 0.0733. The topological polar surface area (TPSA) is 50.1 Å². The molecule has 0 aliphatic heterocycles. The molecule has 0 radical (unpaired) electrons. The number of esters is 1. The Kier molecular flexibility index (Phi) is 6.55. The zero-order valence-corrected chi connectivity index (χ0v) is 18.0. The maximum Gasteiger partial charge on any atom is 0.343 e. The summed E-state index contributed by atoms with van der Waals surface area (Å²) in [6.45, 7) is 2.23. The molecule has 32 heavy (non-hydrogen) atoms.